The summed E-state index contributed by atoms with van der Waals surface area (Å²) in [4.78, 5) is 30.8. The zero-order chi connectivity index (χ0) is 17.4. The van der Waals surface area contributed by atoms with Crippen LogP contribution in [0.4, 0.5) is 11.5 Å². The van der Waals surface area contributed by atoms with Gasteiger partial charge in [0.25, 0.3) is 0 Å². The molecule has 4 rings (SSSR count). The zero-order valence-corrected chi connectivity index (χ0v) is 14.7. The molecule has 1 unspecified atom stereocenters. The number of carbonyl (C=O) groups excluding carboxylic acids is 2. The lowest BCUT2D eigenvalue weighted by atomic mass is 10.1. The van der Waals surface area contributed by atoms with E-state index in [1.807, 2.05) is 24.3 Å². The van der Waals surface area contributed by atoms with Gasteiger partial charge in [0.2, 0.25) is 11.8 Å². The van der Waals surface area contributed by atoms with Gasteiger partial charge in [0.1, 0.15) is 5.82 Å². The Morgan fingerprint density at radius 3 is 2.88 bits per heavy atom. The van der Waals surface area contributed by atoms with Crippen LogP contribution in [-0.2, 0) is 9.59 Å². The molecule has 1 aliphatic rings. The van der Waals surface area contributed by atoms with Gasteiger partial charge >= 0.3 is 0 Å². The Kier molecular flexibility index (Phi) is 3.96. The second-order valence-electron chi connectivity index (χ2n) is 5.78. The van der Waals surface area contributed by atoms with Crippen molar-refractivity contribution >= 4 is 44.9 Å². The van der Waals surface area contributed by atoms with E-state index in [4.69, 9.17) is 0 Å². The molecule has 126 valence electrons. The third-order valence-corrected chi connectivity index (χ3v) is 4.85. The number of halogens is 1. The molecule has 3 heterocycles. The van der Waals surface area contributed by atoms with Crippen LogP contribution < -0.4 is 10.2 Å². The second-order valence-corrected chi connectivity index (χ2v) is 6.63. The highest BCUT2D eigenvalue weighted by atomic mass is 79.9. The van der Waals surface area contributed by atoms with Crippen LogP contribution in [0.2, 0.25) is 0 Å². The minimum atomic E-state index is -0.418. The monoisotopic (exact) mass is 399 g/mol. The molecule has 1 aromatic carbocycles. The molecule has 0 spiro atoms. The molecule has 7 nitrogen and oxygen atoms in total. The van der Waals surface area contributed by atoms with Crippen molar-refractivity contribution in [2.24, 2.45) is 5.92 Å². The Labute approximate surface area is 151 Å². The SMILES string of the molecule is O=C(Nc1ccnc2ccnn12)C1CC(=O)N(c2ccccc2Br)C1. The summed E-state index contributed by atoms with van der Waals surface area (Å²) >= 11 is 3.45. The summed E-state index contributed by atoms with van der Waals surface area (Å²) in [6, 6.07) is 10.9. The summed E-state index contributed by atoms with van der Waals surface area (Å²) in [6.45, 7) is 0.348. The van der Waals surface area contributed by atoms with Crippen LogP contribution in [0.25, 0.3) is 5.65 Å². The van der Waals surface area contributed by atoms with E-state index in [-0.39, 0.29) is 18.2 Å². The van der Waals surface area contributed by atoms with Gasteiger partial charge in [-0.3, -0.25) is 9.59 Å². The highest BCUT2D eigenvalue weighted by Crippen LogP contribution is 2.31. The first-order valence-corrected chi connectivity index (χ1v) is 8.57. The van der Waals surface area contributed by atoms with Crippen LogP contribution in [0.3, 0.4) is 0 Å². The van der Waals surface area contributed by atoms with Gasteiger partial charge in [-0.15, -0.1) is 0 Å². The van der Waals surface area contributed by atoms with Crippen LogP contribution in [-0.4, -0.2) is 33.0 Å². The molecule has 25 heavy (non-hydrogen) atoms. The quantitative estimate of drug-likeness (QED) is 0.733. The van der Waals surface area contributed by atoms with Crippen molar-refractivity contribution in [3.05, 3.63) is 53.3 Å². The highest BCUT2D eigenvalue weighted by molar-refractivity contribution is 9.10. The van der Waals surface area contributed by atoms with E-state index < -0.39 is 5.92 Å². The van der Waals surface area contributed by atoms with Crippen molar-refractivity contribution < 1.29 is 9.59 Å². The molecule has 3 aromatic rings. The van der Waals surface area contributed by atoms with Crippen LogP contribution in [0, 0.1) is 5.92 Å². The third kappa shape index (κ3) is 2.89. The normalized spacial score (nSPS) is 17.2. The Morgan fingerprint density at radius 2 is 2.04 bits per heavy atom. The summed E-state index contributed by atoms with van der Waals surface area (Å²) < 4.78 is 2.39. The average Bonchev–Trinajstić information content (AvgIpc) is 3.22. The fourth-order valence-corrected chi connectivity index (χ4v) is 3.44. The summed E-state index contributed by atoms with van der Waals surface area (Å²) in [5.74, 6) is -0.151. The van der Waals surface area contributed by atoms with E-state index in [1.165, 1.54) is 0 Å². The maximum atomic E-state index is 12.6. The van der Waals surface area contributed by atoms with Crippen LogP contribution in [0.5, 0.6) is 0 Å². The average molecular weight is 400 g/mol. The second kappa shape index (κ2) is 6.29. The molecule has 8 heteroatoms. The number of nitrogens with zero attached hydrogens (tertiary/aromatic N) is 4. The fraction of sp³-hybridized carbons (Fsp3) is 0.176. The van der Waals surface area contributed by atoms with E-state index in [2.05, 4.69) is 31.3 Å². The van der Waals surface area contributed by atoms with Crippen LogP contribution >= 0.6 is 15.9 Å². The molecular formula is C17H14BrN5O2. The number of carbonyl (C=O) groups is 2. The number of anilines is 2. The molecule has 0 aliphatic carbocycles. The molecule has 1 N–H and O–H groups in total. The molecule has 0 bridgehead atoms. The first-order chi connectivity index (χ1) is 12.1. The molecule has 2 amide bonds. The number of hydrogen-bond donors (Lipinski definition) is 1. The Morgan fingerprint density at radius 1 is 1.20 bits per heavy atom. The number of fused-ring (bicyclic) bond motifs is 1. The van der Waals surface area contributed by atoms with E-state index >= 15 is 0 Å². The van der Waals surface area contributed by atoms with Gasteiger partial charge in [-0.25, -0.2) is 4.98 Å². The standard InChI is InChI=1S/C17H14BrN5O2/c18-12-3-1-2-4-13(12)22-10-11(9-16(22)24)17(25)21-15-5-7-19-14-6-8-20-23(14)15/h1-8,11H,9-10H2,(H,21,25). The van der Waals surface area contributed by atoms with Gasteiger partial charge in [-0.2, -0.15) is 9.61 Å². The number of rotatable bonds is 3. The molecular weight excluding hydrogens is 386 g/mol. The van der Waals surface area contributed by atoms with Crippen molar-refractivity contribution in [1.82, 2.24) is 14.6 Å². The third-order valence-electron chi connectivity index (χ3n) is 4.18. The first kappa shape index (κ1) is 15.8. The maximum Gasteiger partial charge on any atom is 0.230 e. The molecule has 1 atom stereocenters. The molecule has 2 aromatic heterocycles. The fourth-order valence-electron chi connectivity index (χ4n) is 2.94. The topological polar surface area (TPSA) is 79.6 Å². The number of hydrogen-bond acceptors (Lipinski definition) is 4. The summed E-state index contributed by atoms with van der Waals surface area (Å²) in [5, 5.41) is 6.99. The summed E-state index contributed by atoms with van der Waals surface area (Å²) in [5.41, 5.74) is 1.43. The number of amides is 2. The van der Waals surface area contributed by atoms with Crippen LogP contribution in [0.15, 0.2) is 53.3 Å². The van der Waals surface area contributed by atoms with Gasteiger partial charge in [0, 0.05) is 29.7 Å². The van der Waals surface area contributed by atoms with Gasteiger partial charge in [-0.1, -0.05) is 12.1 Å². The smallest absolute Gasteiger partial charge is 0.230 e. The zero-order valence-electron chi connectivity index (χ0n) is 13.1. The Bertz CT molecular complexity index is 970. The first-order valence-electron chi connectivity index (χ1n) is 7.78. The van der Waals surface area contributed by atoms with Crippen molar-refractivity contribution in [2.45, 2.75) is 6.42 Å². The minimum Gasteiger partial charge on any atom is -0.310 e. The predicted molar refractivity (Wildman–Crippen MR) is 96.2 cm³/mol. The van der Waals surface area contributed by atoms with E-state index in [9.17, 15) is 9.59 Å². The van der Waals surface area contributed by atoms with Crippen molar-refractivity contribution in [2.75, 3.05) is 16.8 Å². The van der Waals surface area contributed by atoms with Gasteiger partial charge in [-0.05, 0) is 34.1 Å². The van der Waals surface area contributed by atoms with E-state index in [0.29, 0.717) is 18.0 Å². The van der Waals surface area contributed by atoms with Gasteiger partial charge in [0.05, 0.1) is 17.8 Å². The molecule has 1 saturated heterocycles. The number of benzene rings is 1. The van der Waals surface area contributed by atoms with Crippen molar-refractivity contribution in [3.8, 4) is 0 Å². The van der Waals surface area contributed by atoms with Crippen molar-refractivity contribution in [1.29, 1.82) is 0 Å². The van der Waals surface area contributed by atoms with Gasteiger partial charge in [0.15, 0.2) is 5.65 Å². The number of para-hydroxylation sites is 1. The van der Waals surface area contributed by atoms with Gasteiger partial charge < -0.3 is 10.2 Å². The lowest BCUT2D eigenvalue weighted by Crippen LogP contribution is -2.28. The summed E-state index contributed by atoms with van der Waals surface area (Å²) in [7, 11) is 0. The van der Waals surface area contributed by atoms with E-state index in [1.54, 1.807) is 33.9 Å². The molecule has 0 radical (unpaired) electrons. The molecule has 1 aliphatic heterocycles. The van der Waals surface area contributed by atoms with Crippen LogP contribution in [0.1, 0.15) is 6.42 Å². The lowest BCUT2D eigenvalue weighted by Gasteiger charge is -2.18. The predicted octanol–water partition coefficient (Wildman–Crippen LogP) is 2.48. The van der Waals surface area contributed by atoms with E-state index in [0.717, 1.165) is 10.2 Å². The Balaban J connectivity index is 1.53. The highest BCUT2D eigenvalue weighted by Gasteiger charge is 2.36. The molecule has 1 fully saturated rings. The number of nitrogens with one attached hydrogen (secondary N) is 1. The van der Waals surface area contributed by atoms with Crippen molar-refractivity contribution in [3.63, 3.8) is 0 Å². The lowest BCUT2D eigenvalue weighted by molar-refractivity contribution is -0.122. The molecule has 0 saturated carbocycles. The number of aromatic nitrogens is 3. The summed E-state index contributed by atoms with van der Waals surface area (Å²) in [6.07, 6.45) is 3.41. The Hall–Kier alpha value is -2.74. The maximum absolute atomic E-state index is 12.6. The largest absolute Gasteiger partial charge is 0.310 e. The minimum absolute atomic E-state index is 0.0639.